The van der Waals surface area contributed by atoms with Crippen LogP contribution in [0.2, 0.25) is 0 Å². The van der Waals surface area contributed by atoms with Gasteiger partial charge in [0.1, 0.15) is 0 Å². The normalized spacial score (nSPS) is 22.5. The lowest BCUT2D eigenvalue weighted by molar-refractivity contribution is -0.135. The molecule has 5 nitrogen and oxygen atoms in total. The highest BCUT2D eigenvalue weighted by Crippen LogP contribution is 2.20. The Morgan fingerprint density at radius 1 is 1.19 bits per heavy atom. The van der Waals surface area contributed by atoms with Crippen LogP contribution in [0.5, 0.6) is 0 Å². The Morgan fingerprint density at radius 3 is 2.58 bits per heavy atom. The largest absolute Gasteiger partial charge is 0.376 e. The van der Waals surface area contributed by atoms with Crippen molar-refractivity contribution in [3.8, 4) is 0 Å². The quantitative estimate of drug-likeness (QED) is 0.821. The molecule has 0 bridgehead atoms. The van der Waals surface area contributed by atoms with Crippen molar-refractivity contribution >= 4 is 18.3 Å². The summed E-state index contributed by atoms with van der Waals surface area (Å²) in [6.07, 6.45) is 6.19. The molecule has 2 aliphatic heterocycles. The van der Waals surface area contributed by atoms with Gasteiger partial charge in [0.15, 0.2) is 0 Å². The maximum Gasteiger partial charge on any atom is 0.224 e. The van der Waals surface area contributed by atoms with Gasteiger partial charge in [-0.2, -0.15) is 0 Å². The predicted octanol–water partition coefficient (Wildman–Crippen LogP) is 3.08. The molecular weight excluding hydrogens is 352 g/mol. The number of ether oxygens (including phenoxy) is 2. The van der Waals surface area contributed by atoms with Crippen LogP contribution in [0.3, 0.4) is 0 Å². The molecule has 2 N–H and O–H groups in total. The van der Waals surface area contributed by atoms with Crippen LogP contribution in [0.25, 0.3) is 0 Å². The standard InChI is InChI=1S/C20H30N2O3.ClH/c21-19(16-6-2-1-3-7-16)14-20(23)22-11-9-17(10-12-22)25-15-18-8-4-5-13-24-18;/h1-3,6-7,17-19H,4-5,8-15,21H2;1H. The van der Waals surface area contributed by atoms with Gasteiger partial charge in [0.05, 0.1) is 18.8 Å². The Morgan fingerprint density at radius 2 is 1.92 bits per heavy atom. The zero-order chi connectivity index (χ0) is 17.5. The first-order valence-electron chi connectivity index (χ1n) is 9.54. The van der Waals surface area contributed by atoms with E-state index in [4.69, 9.17) is 15.2 Å². The number of carbonyl (C=O) groups excluding carboxylic acids is 1. The Hall–Kier alpha value is -1.14. The summed E-state index contributed by atoms with van der Waals surface area (Å²) in [6, 6.07) is 9.60. The molecule has 0 saturated carbocycles. The minimum absolute atomic E-state index is 0. The second kappa shape index (κ2) is 10.9. The highest BCUT2D eigenvalue weighted by molar-refractivity contribution is 5.85. The monoisotopic (exact) mass is 382 g/mol. The summed E-state index contributed by atoms with van der Waals surface area (Å²) in [6.45, 7) is 3.08. The summed E-state index contributed by atoms with van der Waals surface area (Å²) in [5, 5.41) is 0. The van der Waals surface area contributed by atoms with Crippen LogP contribution in [-0.4, -0.2) is 49.3 Å². The number of hydrogen-bond donors (Lipinski definition) is 1. The first kappa shape index (κ1) is 21.2. The molecule has 2 atom stereocenters. The number of hydrogen-bond acceptors (Lipinski definition) is 4. The second-order valence-corrected chi connectivity index (χ2v) is 7.12. The van der Waals surface area contributed by atoms with Crippen LogP contribution in [0, 0.1) is 0 Å². The van der Waals surface area contributed by atoms with Crippen LogP contribution >= 0.6 is 12.4 Å². The van der Waals surface area contributed by atoms with Gasteiger partial charge in [-0.25, -0.2) is 0 Å². The Bertz CT molecular complexity index is 529. The molecule has 2 fully saturated rings. The third-order valence-corrected chi connectivity index (χ3v) is 5.21. The number of nitrogens with zero attached hydrogens (tertiary/aromatic N) is 1. The molecule has 146 valence electrons. The molecule has 2 aliphatic rings. The number of nitrogens with two attached hydrogens (primary N) is 1. The summed E-state index contributed by atoms with van der Waals surface area (Å²) in [4.78, 5) is 14.4. The molecular formula is C20H31ClN2O3. The van der Waals surface area contributed by atoms with Crippen LogP contribution in [-0.2, 0) is 14.3 Å². The fraction of sp³-hybridized carbons (Fsp3) is 0.650. The zero-order valence-corrected chi connectivity index (χ0v) is 16.2. The van der Waals surface area contributed by atoms with E-state index in [0.29, 0.717) is 13.0 Å². The lowest BCUT2D eigenvalue weighted by atomic mass is 10.0. The number of rotatable bonds is 6. The third kappa shape index (κ3) is 6.23. The van der Waals surface area contributed by atoms with Gasteiger partial charge in [-0.3, -0.25) is 4.79 Å². The number of halogens is 1. The van der Waals surface area contributed by atoms with Crippen LogP contribution in [0.15, 0.2) is 30.3 Å². The number of likely N-dealkylation sites (tertiary alicyclic amines) is 1. The van der Waals surface area contributed by atoms with E-state index < -0.39 is 0 Å². The molecule has 3 rings (SSSR count). The SMILES string of the molecule is Cl.NC(CC(=O)N1CCC(OCC2CCCCO2)CC1)c1ccccc1. The Balaban J connectivity index is 0.00000243. The third-order valence-electron chi connectivity index (χ3n) is 5.21. The topological polar surface area (TPSA) is 64.8 Å². The summed E-state index contributed by atoms with van der Waals surface area (Å²) >= 11 is 0. The highest BCUT2D eigenvalue weighted by atomic mass is 35.5. The second-order valence-electron chi connectivity index (χ2n) is 7.12. The number of carbonyl (C=O) groups is 1. The van der Waals surface area contributed by atoms with Gasteiger partial charge in [0, 0.05) is 32.2 Å². The molecule has 2 unspecified atom stereocenters. The van der Waals surface area contributed by atoms with Crippen molar-refractivity contribution in [2.75, 3.05) is 26.3 Å². The maximum atomic E-state index is 12.5. The summed E-state index contributed by atoms with van der Waals surface area (Å²) in [5.41, 5.74) is 7.19. The Labute approximate surface area is 162 Å². The van der Waals surface area contributed by atoms with E-state index in [1.807, 2.05) is 35.2 Å². The summed E-state index contributed by atoms with van der Waals surface area (Å²) in [7, 11) is 0. The van der Waals surface area contributed by atoms with Crippen molar-refractivity contribution < 1.29 is 14.3 Å². The molecule has 2 saturated heterocycles. The van der Waals surface area contributed by atoms with Crippen molar-refractivity contribution in [1.29, 1.82) is 0 Å². The molecule has 6 heteroatoms. The first-order chi connectivity index (χ1) is 12.2. The van der Waals surface area contributed by atoms with E-state index in [1.165, 1.54) is 12.8 Å². The van der Waals surface area contributed by atoms with Crippen molar-refractivity contribution in [1.82, 2.24) is 4.90 Å². The minimum atomic E-state index is -0.230. The number of amides is 1. The van der Waals surface area contributed by atoms with Crippen LogP contribution < -0.4 is 5.73 Å². The van der Waals surface area contributed by atoms with Gasteiger partial charge < -0.3 is 20.1 Å². The van der Waals surface area contributed by atoms with E-state index >= 15 is 0 Å². The molecule has 0 radical (unpaired) electrons. The van der Waals surface area contributed by atoms with Gasteiger partial charge in [-0.1, -0.05) is 30.3 Å². The lowest BCUT2D eigenvalue weighted by Gasteiger charge is -2.33. The zero-order valence-electron chi connectivity index (χ0n) is 15.3. The van der Waals surface area contributed by atoms with Gasteiger partial charge in [0.2, 0.25) is 5.91 Å². The first-order valence-corrected chi connectivity index (χ1v) is 9.54. The average Bonchev–Trinajstić information content (AvgIpc) is 2.68. The predicted molar refractivity (Wildman–Crippen MR) is 104 cm³/mol. The fourth-order valence-electron chi connectivity index (χ4n) is 3.59. The summed E-state index contributed by atoms with van der Waals surface area (Å²) < 4.78 is 11.7. The van der Waals surface area contributed by atoms with Crippen molar-refractivity contribution in [3.63, 3.8) is 0 Å². The number of piperidine rings is 1. The molecule has 1 aromatic rings. The summed E-state index contributed by atoms with van der Waals surface area (Å²) in [5.74, 6) is 0.144. The Kier molecular flexibility index (Phi) is 8.85. The van der Waals surface area contributed by atoms with Crippen molar-refractivity contribution in [2.24, 2.45) is 5.73 Å². The van der Waals surface area contributed by atoms with Crippen molar-refractivity contribution in [3.05, 3.63) is 35.9 Å². The van der Waals surface area contributed by atoms with E-state index in [9.17, 15) is 4.79 Å². The van der Waals surface area contributed by atoms with Crippen LogP contribution in [0.4, 0.5) is 0 Å². The van der Waals surface area contributed by atoms with Gasteiger partial charge in [0.25, 0.3) is 0 Å². The van der Waals surface area contributed by atoms with E-state index in [2.05, 4.69) is 0 Å². The molecule has 0 spiro atoms. The fourth-order valence-corrected chi connectivity index (χ4v) is 3.59. The lowest BCUT2D eigenvalue weighted by Crippen LogP contribution is -2.42. The van der Waals surface area contributed by atoms with E-state index in [1.54, 1.807) is 0 Å². The number of benzene rings is 1. The molecule has 0 aliphatic carbocycles. The van der Waals surface area contributed by atoms with Gasteiger partial charge >= 0.3 is 0 Å². The van der Waals surface area contributed by atoms with Crippen molar-refractivity contribution in [2.45, 2.75) is 56.8 Å². The van der Waals surface area contributed by atoms with E-state index in [-0.39, 0.29) is 36.6 Å². The van der Waals surface area contributed by atoms with E-state index in [0.717, 1.165) is 44.5 Å². The average molecular weight is 383 g/mol. The molecule has 1 aromatic carbocycles. The highest BCUT2D eigenvalue weighted by Gasteiger charge is 2.25. The van der Waals surface area contributed by atoms with Gasteiger partial charge in [-0.05, 0) is 37.7 Å². The smallest absolute Gasteiger partial charge is 0.224 e. The molecule has 2 heterocycles. The molecule has 26 heavy (non-hydrogen) atoms. The van der Waals surface area contributed by atoms with Crippen LogP contribution in [0.1, 0.15) is 50.1 Å². The van der Waals surface area contributed by atoms with Gasteiger partial charge in [-0.15, -0.1) is 12.4 Å². The minimum Gasteiger partial charge on any atom is -0.376 e. The molecule has 1 amide bonds. The maximum absolute atomic E-state index is 12.5. The molecule has 0 aromatic heterocycles.